The van der Waals surface area contributed by atoms with Gasteiger partial charge >= 0.3 is 0 Å². The predicted molar refractivity (Wildman–Crippen MR) is 101 cm³/mol. The van der Waals surface area contributed by atoms with E-state index in [1.54, 1.807) is 0 Å². The van der Waals surface area contributed by atoms with Gasteiger partial charge in [0.1, 0.15) is 0 Å². The van der Waals surface area contributed by atoms with Crippen molar-refractivity contribution in [2.45, 2.75) is 120 Å². The van der Waals surface area contributed by atoms with Crippen LogP contribution in [0, 0.1) is 21.7 Å². The Morgan fingerprint density at radius 2 is 0.591 bits per heavy atom. The maximum atomic E-state index is 2.54. The minimum atomic E-state index is 0.341. The van der Waals surface area contributed by atoms with Crippen LogP contribution >= 0.6 is 0 Å². The van der Waals surface area contributed by atoms with Crippen molar-refractivity contribution >= 4 is 0 Å². The quantitative estimate of drug-likeness (QED) is 0.425. The van der Waals surface area contributed by atoms with Gasteiger partial charge in [-0.25, -0.2) is 0 Å². The molecular weight excluding hydrogens is 264 g/mol. The summed E-state index contributed by atoms with van der Waals surface area (Å²) in [7, 11) is 0. The van der Waals surface area contributed by atoms with Crippen LogP contribution in [0.25, 0.3) is 0 Å². The van der Waals surface area contributed by atoms with E-state index in [2.05, 4.69) is 55.4 Å². The van der Waals surface area contributed by atoms with Crippen LogP contribution in [0.4, 0.5) is 0 Å². The van der Waals surface area contributed by atoms with Crippen LogP contribution in [0.5, 0.6) is 0 Å². The molecule has 1 aliphatic rings. The van der Waals surface area contributed by atoms with Crippen molar-refractivity contribution < 1.29 is 0 Å². The lowest BCUT2D eigenvalue weighted by Crippen LogP contribution is -2.51. The van der Waals surface area contributed by atoms with Crippen molar-refractivity contribution in [3.63, 3.8) is 0 Å². The zero-order chi connectivity index (χ0) is 17.1. The molecule has 0 aromatic heterocycles. The van der Waals surface area contributed by atoms with Crippen molar-refractivity contribution in [3.05, 3.63) is 0 Å². The Hall–Kier alpha value is 0. The summed E-state index contributed by atoms with van der Waals surface area (Å²) in [5, 5.41) is 0. The summed E-state index contributed by atoms with van der Waals surface area (Å²) in [5.74, 6) is 0. The molecule has 0 unspecified atom stereocenters. The summed E-state index contributed by atoms with van der Waals surface area (Å²) in [6, 6.07) is 0. The SMILES string of the molecule is CC1(C)CCCCCCCCCCC(C)(C)C(C)(C)C1(C)C. The maximum Gasteiger partial charge on any atom is -0.0247 e. The average Bonchev–Trinajstić information content (AvgIpc) is 2.39. The largest absolute Gasteiger partial charge is 0.0594 e. The highest BCUT2D eigenvalue weighted by Gasteiger charge is 2.53. The third-order valence-corrected chi connectivity index (χ3v) is 8.30. The van der Waals surface area contributed by atoms with E-state index in [1.165, 1.54) is 64.2 Å². The molecule has 0 atom stereocenters. The molecular formula is C22H44. The number of hydrogen-bond donors (Lipinski definition) is 0. The normalized spacial score (nSPS) is 29.5. The molecule has 22 heavy (non-hydrogen) atoms. The first kappa shape index (κ1) is 20.0. The third kappa shape index (κ3) is 4.09. The Bertz CT molecular complexity index is 296. The van der Waals surface area contributed by atoms with Gasteiger partial charge in [-0.05, 0) is 34.5 Å². The van der Waals surface area contributed by atoms with Gasteiger partial charge in [0.05, 0.1) is 0 Å². The monoisotopic (exact) mass is 308 g/mol. The van der Waals surface area contributed by atoms with Gasteiger partial charge < -0.3 is 0 Å². The van der Waals surface area contributed by atoms with Crippen LogP contribution in [0.2, 0.25) is 0 Å². The van der Waals surface area contributed by atoms with Gasteiger partial charge in [-0.3, -0.25) is 0 Å². The van der Waals surface area contributed by atoms with Gasteiger partial charge in [0.2, 0.25) is 0 Å². The number of rotatable bonds is 0. The molecule has 1 saturated carbocycles. The molecule has 0 aliphatic heterocycles. The highest BCUT2D eigenvalue weighted by molar-refractivity contribution is 5.02. The van der Waals surface area contributed by atoms with Gasteiger partial charge in [-0.1, -0.05) is 107 Å². The average molecular weight is 309 g/mol. The highest BCUT2D eigenvalue weighted by atomic mass is 14.6. The minimum Gasteiger partial charge on any atom is -0.0594 e. The molecule has 1 rings (SSSR count). The van der Waals surface area contributed by atoms with E-state index in [-0.39, 0.29) is 0 Å². The second-order valence-corrected chi connectivity index (χ2v) is 10.3. The molecule has 0 saturated heterocycles. The molecule has 1 fully saturated rings. The van der Waals surface area contributed by atoms with Crippen LogP contribution in [0.3, 0.4) is 0 Å². The van der Waals surface area contributed by atoms with Gasteiger partial charge in [0.15, 0.2) is 0 Å². The molecule has 1 aliphatic carbocycles. The lowest BCUT2D eigenvalue weighted by molar-refractivity contribution is -0.102. The summed E-state index contributed by atoms with van der Waals surface area (Å²) in [6.45, 7) is 20.3. The van der Waals surface area contributed by atoms with Crippen LogP contribution in [0.1, 0.15) is 120 Å². The summed E-state index contributed by atoms with van der Waals surface area (Å²) in [4.78, 5) is 0. The van der Waals surface area contributed by atoms with Gasteiger partial charge in [-0.15, -0.1) is 0 Å². The van der Waals surface area contributed by atoms with E-state index in [4.69, 9.17) is 0 Å². The van der Waals surface area contributed by atoms with Crippen molar-refractivity contribution in [1.82, 2.24) is 0 Å². The van der Waals surface area contributed by atoms with Gasteiger partial charge in [0.25, 0.3) is 0 Å². The first-order chi connectivity index (χ1) is 9.96. The van der Waals surface area contributed by atoms with Crippen LogP contribution in [-0.2, 0) is 0 Å². The lowest BCUT2D eigenvalue weighted by Gasteiger charge is -2.59. The van der Waals surface area contributed by atoms with Gasteiger partial charge in [0, 0.05) is 0 Å². The van der Waals surface area contributed by atoms with Crippen LogP contribution in [-0.4, -0.2) is 0 Å². The molecule has 0 N–H and O–H groups in total. The van der Waals surface area contributed by atoms with E-state index in [9.17, 15) is 0 Å². The second-order valence-electron chi connectivity index (χ2n) is 10.3. The topological polar surface area (TPSA) is 0 Å². The summed E-state index contributed by atoms with van der Waals surface area (Å²) < 4.78 is 0. The Labute approximate surface area is 141 Å². The van der Waals surface area contributed by atoms with E-state index in [1.807, 2.05) is 0 Å². The van der Waals surface area contributed by atoms with E-state index < -0.39 is 0 Å². The lowest BCUT2D eigenvalue weighted by atomic mass is 9.46. The fourth-order valence-electron chi connectivity index (χ4n) is 4.51. The Balaban J connectivity index is 3.02. The smallest absolute Gasteiger partial charge is 0.0247 e. The third-order valence-electron chi connectivity index (χ3n) is 8.30. The molecule has 0 heteroatoms. The van der Waals surface area contributed by atoms with Crippen LogP contribution in [0.15, 0.2) is 0 Å². The fourth-order valence-corrected chi connectivity index (χ4v) is 4.51. The Kier molecular flexibility index (Phi) is 6.62. The molecule has 0 bridgehead atoms. The van der Waals surface area contributed by atoms with E-state index >= 15 is 0 Å². The van der Waals surface area contributed by atoms with Crippen molar-refractivity contribution in [1.29, 1.82) is 0 Å². The second kappa shape index (κ2) is 7.27. The summed E-state index contributed by atoms with van der Waals surface area (Å²) >= 11 is 0. The maximum absolute atomic E-state index is 2.54. The van der Waals surface area contributed by atoms with Crippen molar-refractivity contribution in [2.75, 3.05) is 0 Å². The molecule has 0 radical (unpaired) electrons. The van der Waals surface area contributed by atoms with Crippen LogP contribution < -0.4 is 0 Å². The van der Waals surface area contributed by atoms with Crippen molar-refractivity contribution in [2.24, 2.45) is 21.7 Å². The zero-order valence-electron chi connectivity index (χ0n) is 17.1. The number of hydrogen-bond acceptors (Lipinski definition) is 0. The molecule has 0 aromatic rings. The fraction of sp³-hybridized carbons (Fsp3) is 1.00. The Morgan fingerprint density at radius 1 is 0.364 bits per heavy atom. The standard InChI is InChI=1S/C22H44/c1-19(2)17-15-13-11-9-10-12-14-16-18-20(3,4)22(7,8)21(19,5)6/h9-18H2,1-8H3. The van der Waals surface area contributed by atoms with E-state index in [0.717, 1.165) is 0 Å². The zero-order valence-corrected chi connectivity index (χ0v) is 17.1. The molecule has 0 aromatic carbocycles. The summed E-state index contributed by atoms with van der Waals surface area (Å²) in [6.07, 6.45) is 14.2. The molecule has 0 amide bonds. The molecule has 0 spiro atoms. The van der Waals surface area contributed by atoms with E-state index in [0.29, 0.717) is 21.7 Å². The predicted octanol–water partition coefficient (Wildman–Crippen LogP) is 8.01. The molecule has 0 nitrogen and oxygen atoms in total. The highest BCUT2D eigenvalue weighted by Crippen LogP contribution is 2.61. The summed E-state index contributed by atoms with van der Waals surface area (Å²) in [5.41, 5.74) is 1.48. The Morgan fingerprint density at radius 3 is 0.864 bits per heavy atom. The first-order valence-corrected chi connectivity index (χ1v) is 9.96. The molecule has 132 valence electrons. The van der Waals surface area contributed by atoms with Crippen molar-refractivity contribution in [3.8, 4) is 0 Å². The molecule has 0 heterocycles. The minimum absolute atomic E-state index is 0.341. The first-order valence-electron chi connectivity index (χ1n) is 9.96. The van der Waals surface area contributed by atoms with Gasteiger partial charge in [-0.2, -0.15) is 0 Å².